The second-order valence-corrected chi connectivity index (χ2v) is 6.77. The van der Waals surface area contributed by atoms with Crippen LogP contribution in [0.5, 0.6) is 5.75 Å². The van der Waals surface area contributed by atoms with Crippen molar-refractivity contribution in [1.29, 1.82) is 0 Å². The number of amides is 1. The molecule has 7 nitrogen and oxygen atoms in total. The maximum atomic E-state index is 12.3. The van der Waals surface area contributed by atoms with Crippen molar-refractivity contribution >= 4 is 41.3 Å². The molecule has 3 aromatic carbocycles. The molecule has 0 fully saturated rings. The minimum Gasteiger partial charge on any atom is -0.423 e. The zero-order chi connectivity index (χ0) is 20.9. The first kappa shape index (κ1) is 19.3. The molecule has 0 bridgehead atoms. The number of fused-ring (bicyclic) bond motifs is 1. The molecule has 4 aromatic rings. The number of carbonyl (C=O) groups excluding carboxylic acids is 2. The fourth-order valence-electron chi connectivity index (χ4n) is 2.77. The number of nitrogens with zero attached hydrogens (tertiary/aromatic N) is 1. The van der Waals surface area contributed by atoms with Gasteiger partial charge < -0.3 is 14.7 Å². The van der Waals surface area contributed by atoms with Crippen molar-refractivity contribution in [3.05, 3.63) is 94.3 Å². The number of aromatic nitrogens is 2. The van der Waals surface area contributed by atoms with Crippen LogP contribution in [0.4, 0.5) is 0 Å². The van der Waals surface area contributed by atoms with Gasteiger partial charge in [0.25, 0.3) is 5.91 Å². The van der Waals surface area contributed by atoms with Crippen LogP contribution in [0.15, 0.2) is 77.9 Å². The quantitative estimate of drug-likeness (QED) is 0.149. The van der Waals surface area contributed by atoms with E-state index in [4.69, 9.17) is 17.0 Å². The summed E-state index contributed by atoms with van der Waals surface area (Å²) >= 11 is 5.04. The fraction of sp³-hybridized carbons (Fsp3) is 0. The second kappa shape index (κ2) is 8.54. The molecular weight excluding hydrogens is 400 g/mol. The molecule has 0 aliphatic rings. The summed E-state index contributed by atoms with van der Waals surface area (Å²) in [6, 6.07) is 20.7. The van der Waals surface area contributed by atoms with Gasteiger partial charge in [0.2, 0.25) is 0 Å². The van der Waals surface area contributed by atoms with E-state index in [1.807, 2.05) is 6.07 Å². The average molecular weight is 416 g/mol. The molecule has 0 radical (unpaired) electrons. The summed E-state index contributed by atoms with van der Waals surface area (Å²) in [5.74, 6) is -0.353. The highest BCUT2D eigenvalue weighted by Crippen LogP contribution is 2.14. The lowest BCUT2D eigenvalue weighted by Crippen LogP contribution is -2.17. The summed E-state index contributed by atoms with van der Waals surface area (Å²) in [4.78, 5) is 30.3. The van der Waals surface area contributed by atoms with Crippen LogP contribution in [0, 0.1) is 4.77 Å². The number of carbonyl (C=O) groups is 2. The average Bonchev–Trinajstić information content (AvgIpc) is 3.14. The molecule has 1 aromatic heterocycles. The molecule has 0 saturated carbocycles. The maximum absolute atomic E-state index is 12.3. The molecule has 0 aliphatic carbocycles. The topological polar surface area (TPSA) is 99.3 Å². The van der Waals surface area contributed by atoms with Crippen molar-refractivity contribution in [3.63, 3.8) is 0 Å². The van der Waals surface area contributed by atoms with Gasteiger partial charge in [0.15, 0.2) is 4.77 Å². The summed E-state index contributed by atoms with van der Waals surface area (Å²) in [7, 11) is 0. The third kappa shape index (κ3) is 4.50. The number of rotatable bonds is 5. The van der Waals surface area contributed by atoms with Crippen LogP contribution < -0.4 is 10.2 Å². The van der Waals surface area contributed by atoms with Crippen LogP contribution in [0.3, 0.4) is 0 Å². The Bertz CT molecular complexity index is 1290. The highest BCUT2D eigenvalue weighted by atomic mass is 32.1. The van der Waals surface area contributed by atoms with Gasteiger partial charge in [-0.1, -0.05) is 18.2 Å². The van der Waals surface area contributed by atoms with E-state index in [0.717, 1.165) is 16.6 Å². The van der Waals surface area contributed by atoms with E-state index < -0.39 is 5.97 Å². The lowest BCUT2D eigenvalue weighted by Gasteiger charge is -2.04. The van der Waals surface area contributed by atoms with Crippen molar-refractivity contribution in [2.24, 2.45) is 5.10 Å². The minimum absolute atomic E-state index is 0.345. The van der Waals surface area contributed by atoms with Gasteiger partial charge in [0.05, 0.1) is 22.8 Å². The third-order valence-electron chi connectivity index (χ3n) is 4.26. The molecule has 8 heteroatoms. The molecule has 0 aliphatic heterocycles. The molecular formula is C22H16N4O3S. The SMILES string of the molecule is O=C(N/N=C\c1ccc(OC(=O)c2ccccc2)cc1)c1ccc2[nH]c(=S)[nH]c2c1. The van der Waals surface area contributed by atoms with Crippen LogP contribution in [0.1, 0.15) is 26.3 Å². The van der Waals surface area contributed by atoms with Gasteiger partial charge in [0.1, 0.15) is 5.75 Å². The highest BCUT2D eigenvalue weighted by Gasteiger charge is 2.08. The second-order valence-electron chi connectivity index (χ2n) is 6.36. The number of benzene rings is 3. The zero-order valence-electron chi connectivity index (χ0n) is 15.6. The Hall–Kier alpha value is -4.04. The Morgan fingerprint density at radius 2 is 1.63 bits per heavy atom. The molecule has 30 heavy (non-hydrogen) atoms. The largest absolute Gasteiger partial charge is 0.423 e. The summed E-state index contributed by atoms with van der Waals surface area (Å²) < 4.78 is 5.83. The predicted molar refractivity (Wildman–Crippen MR) is 116 cm³/mol. The molecule has 0 saturated heterocycles. The highest BCUT2D eigenvalue weighted by molar-refractivity contribution is 7.71. The van der Waals surface area contributed by atoms with E-state index in [2.05, 4.69) is 20.5 Å². The van der Waals surface area contributed by atoms with Crippen LogP contribution in [-0.4, -0.2) is 28.1 Å². The normalized spacial score (nSPS) is 10.9. The van der Waals surface area contributed by atoms with Gasteiger partial charge in [-0.05, 0) is 72.4 Å². The van der Waals surface area contributed by atoms with Crippen LogP contribution in [0.25, 0.3) is 11.0 Å². The third-order valence-corrected chi connectivity index (χ3v) is 4.46. The van der Waals surface area contributed by atoms with E-state index in [1.165, 1.54) is 6.21 Å². The number of hydrazone groups is 1. The zero-order valence-corrected chi connectivity index (χ0v) is 16.4. The number of nitrogens with one attached hydrogen (secondary N) is 3. The van der Waals surface area contributed by atoms with E-state index in [9.17, 15) is 9.59 Å². The number of H-pyrrole nitrogens is 2. The van der Waals surface area contributed by atoms with Crippen molar-refractivity contribution in [2.75, 3.05) is 0 Å². The number of ether oxygens (including phenoxy) is 1. The van der Waals surface area contributed by atoms with E-state index in [0.29, 0.717) is 21.6 Å². The standard InChI is InChI=1S/C22H16N4O3S/c27-20(16-8-11-18-19(12-16)25-22(30)24-18)26-23-13-14-6-9-17(10-7-14)29-21(28)15-4-2-1-3-5-15/h1-13H,(H,26,27)(H2,24,25,30)/b23-13-. The number of hydrogen-bond donors (Lipinski definition) is 3. The summed E-state index contributed by atoms with van der Waals surface area (Å²) in [5.41, 5.74) is 5.72. The molecule has 0 unspecified atom stereocenters. The van der Waals surface area contributed by atoms with Gasteiger partial charge in [-0.25, -0.2) is 10.2 Å². The van der Waals surface area contributed by atoms with Crippen LogP contribution in [0.2, 0.25) is 0 Å². The molecule has 0 spiro atoms. The lowest BCUT2D eigenvalue weighted by molar-refractivity contribution is 0.0734. The van der Waals surface area contributed by atoms with Gasteiger partial charge in [-0.2, -0.15) is 5.10 Å². The van der Waals surface area contributed by atoms with E-state index in [-0.39, 0.29) is 5.91 Å². The summed E-state index contributed by atoms with van der Waals surface area (Å²) in [5, 5.41) is 3.97. The predicted octanol–water partition coefficient (Wildman–Crippen LogP) is 4.21. The molecule has 1 amide bonds. The fourth-order valence-corrected chi connectivity index (χ4v) is 2.99. The Labute approximate surface area is 176 Å². The minimum atomic E-state index is -0.427. The maximum Gasteiger partial charge on any atom is 0.343 e. The monoisotopic (exact) mass is 416 g/mol. The first-order chi connectivity index (χ1) is 14.6. The Morgan fingerprint density at radius 1 is 0.900 bits per heavy atom. The van der Waals surface area contributed by atoms with Crippen LogP contribution >= 0.6 is 12.2 Å². The number of hydrogen-bond acceptors (Lipinski definition) is 5. The van der Waals surface area contributed by atoms with Gasteiger partial charge in [0, 0.05) is 5.56 Å². The smallest absolute Gasteiger partial charge is 0.343 e. The van der Waals surface area contributed by atoms with Gasteiger partial charge >= 0.3 is 5.97 Å². The van der Waals surface area contributed by atoms with Crippen molar-refractivity contribution in [3.8, 4) is 5.75 Å². The van der Waals surface area contributed by atoms with Crippen molar-refractivity contribution in [1.82, 2.24) is 15.4 Å². The Kier molecular flexibility index (Phi) is 5.49. The van der Waals surface area contributed by atoms with Gasteiger partial charge in [-0.15, -0.1) is 0 Å². The van der Waals surface area contributed by atoms with Crippen molar-refractivity contribution in [2.45, 2.75) is 0 Å². The molecule has 4 rings (SSSR count). The van der Waals surface area contributed by atoms with E-state index >= 15 is 0 Å². The molecule has 1 heterocycles. The number of esters is 1. The van der Waals surface area contributed by atoms with E-state index in [1.54, 1.807) is 66.7 Å². The molecule has 0 atom stereocenters. The van der Waals surface area contributed by atoms with Crippen molar-refractivity contribution < 1.29 is 14.3 Å². The first-order valence-corrected chi connectivity index (χ1v) is 9.42. The van der Waals surface area contributed by atoms with Crippen LogP contribution in [-0.2, 0) is 0 Å². The lowest BCUT2D eigenvalue weighted by atomic mass is 10.2. The molecule has 3 N–H and O–H groups in total. The number of aromatic amines is 2. The molecule has 148 valence electrons. The first-order valence-electron chi connectivity index (χ1n) is 9.01. The Balaban J connectivity index is 1.36. The summed E-state index contributed by atoms with van der Waals surface area (Å²) in [6.45, 7) is 0. The number of imidazole rings is 1. The summed E-state index contributed by atoms with van der Waals surface area (Å²) in [6.07, 6.45) is 1.50. The Morgan fingerprint density at radius 3 is 2.40 bits per heavy atom. The van der Waals surface area contributed by atoms with Gasteiger partial charge in [-0.3, -0.25) is 4.79 Å².